The quantitative estimate of drug-likeness (QED) is 0.578. The highest BCUT2D eigenvalue weighted by Gasteiger charge is 2.49. The number of aromatic nitrogens is 1. The van der Waals surface area contributed by atoms with Gasteiger partial charge in [0.1, 0.15) is 17.0 Å². The summed E-state index contributed by atoms with van der Waals surface area (Å²) in [4.78, 5) is 29.5. The maximum Gasteiger partial charge on any atom is 0.276 e. The van der Waals surface area contributed by atoms with Gasteiger partial charge in [-0.1, -0.05) is 26.7 Å². The van der Waals surface area contributed by atoms with Gasteiger partial charge in [-0.2, -0.15) is 0 Å². The topological polar surface area (TPSA) is 76.7 Å². The highest BCUT2D eigenvalue weighted by atomic mass is 16.5. The van der Waals surface area contributed by atoms with Crippen molar-refractivity contribution in [1.82, 2.24) is 9.88 Å². The van der Waals surface area contributed by atoms with E-state index in [1.54, 1.807) is 17.2 Å². The minimum Gasteiger partial charge on any atom is -0.494 e. The third-order valence-corrected chi connectivity index (χ3v) is 7.82. The fraction of sp³-hybridized carbons (Fsp3) is 0.481. The van der Waals surface area contributed by atoms with E-state index in [2.05, 4.69) is 19.2 Å². The number of hydrogen-bond donors (Lipinski definition) is 1. The average Bonchev–Trinajstić information content (AvgIpc) is 3.41. The van der Waals surface area contributed by atoms with Gasteiger partial charge in [0.25, 0.3) is 5.91 Å². The molecule has 1 N–H and O–H groups in total. The summed E-state index contributed by atoms with van der Waals surface area (Å²) in [7, 11) is 0. The van der Waals surface area contributed by atoms with Crippen LogP contribution in [0.3, 0.4) is 0 Å². The lowest BCUT2D eigenvalue weighted by Crippen LogP contribution is -2.66. The molecule has 1 saturated carbocycles. The lowest BCUT2D eigenvalue weighted by Gasteiger charge is -2.45. The molecule has 2 aromatic heterocycles. The number of carbonyl (C=O) groups is 2. The molecule has 34 heavy (non-hydrogen) atoms. The number of nitrogens with zero attached hydrogens (tertiary/aromatic N) is 2. The first-order valence-electron chi connectivity index (χ1n) is 12.3. The summed E-state index contributed by atoms with van der Waals surface area (Å²) >= 11 is 0. The summed E-state index contributed by atoms with van der Waals surface area (Å²) < 4.78 is 13.1. The molecule has 1 aliphatic heterocycles. The summed E-state index contributed by atoms with van der Waals surface area (Å²) in [6.45, 7) is 9.16. The van der Waals surface area contributed by atoms with Crippen LogP contribution in [-0.4, -0.2) is 34.6 Å². The first-order valence-corrected chi connectivity index (χ1v) is 12.3. The highest BCUT2D eigenvalue weighted by molar-refractivity contribution is 6.13. The number of fused-ring (bicyclic) bond motifs is 3. The Morgan fingerprint density at radius 3 is 2.71 bits per heavy atom. The predicted octanol–water partition coefficient (Wildman–Crippen LogP) is 4.99. The van der Waals surface area contributed by atoms with E-state index in [4.69, 9.17) is 9.15 Å². The van der Waals surface area contributed by atoms with E-state index in [1.165, 1.54) is 6.42 Å². The number of hydrogen-bond acceptors (Lipinski definition) is 4. The van der Waals surface area contributed by atoms with Crippen molar-refractivity contribution >= 4 is 28.6 Å². The van der Waals surface area contributed by atoms with Gasteiger partial charge < -0.3 is 19.0 Å². The Balaban J connectivity index is 1.55. The molecule has 0 spiro atoms. The van der Waals surface area contributed by atoms with Crippen molar-refractivity contribution in [3.8, 4) is 5.75 Å². The molecule has 2 amide bonds. The molecule has 0 radical (unpaired) electrons. The monoisotopic (exact) mass is 463 g/mol. The second kappa shape index (κ2) is 8.53. The number of amides is 2. The molecule has 5 rings (SSSR count). The van der Waals surface area contributed by atoms with E-state index in [0.29, 0.717) is 42.0 Å². The Bertz CT molecular complexity index is 1210. The van der Waals surface area contributed by atoms with E-state index >= 15 is 0 Å². The molecule has 2 aliphatic rings. The number of furan rings is 1. The van der Waals surface area contributed by atoms with E-state index in [9.17, 15) is 9.59 Å². The molecule has 1 aliphatic carbocycles. The summed E-state index contributed by atoms with van der Waals surface area (Å²) in [5, 5.41) is 3.33. The Morgan fingerprint density at radius 2 is 1.97 bits per heavy atom. The van der Waals surface area contributed by atoms with Gasteiger partial charge in [-0.05, 0) is 56.4 Å². The molecule has 3 aromatic rings. The van der Waals surface area contributed by atoms with Crippen LogP contribution in [0.15, 0.2) is 47.1 Å². The van der Waals surface area contributed by atoms with Gasteiger partial charge in [0.15, 0.2) is 5.58 Å². The predicted molar refractivity (Wildman–Crippen MR) is 131 cm³/mol. The fourth-order valence-corrected chi connectivity index (χ4v) is 5.59. The van der Waals surface area contributed by atoms with E-state index in [0.717, 1.165) is 24.1 Å². The van der Waals surface area contributed by atoms with Crippen molar-refractivity contribution in [3.05, 3.63) is 48.4 Å². The molecule has 1 fully saturated rings. The third-order valence-electron chi connectivity index (χ3n) is 7.82. The number of carbonyl (C=O) groups excluding carboxylic acids is 2. The zero-order valence-electron chi connectivity index (χ0n) is 20.3. The molecular formula is C27H33N3O4. The summed E-state index contributed by atoms with van der Waals surface area (Å²) in [5.41, 5.74) is 1.55. The van der Waals surface area contributed by atoms with Crippen molar-refractivity contribution in [2.45, 2.75) is 65.1 Å². The summed E-state index contributed by atoms with van der Waals surface area (Å²) in [6.07, 6.45) is 4.87. The van der Waals surface area contributed by atoms with Gasteiger partial charge >= 0.3 is 0 Å². The van der Waals surface area contributed by atoms with Crippen molar-refractivity contribution in [1.29, 1.82) is 0 Å². The lowest BCUT2D eigenvalue weighted by atomic mass is 9.77. The van der Waals surface area contributed by atoms with Crippen LogP contribution < -0.4 is 15.0 Å². The van der Waals surface area contributed by atoms with Crippen LogP contribution in [-0.2, 0) is 11.3 Å². The first kappa shape index (κ1) is 22.6. The highest BCUT2D eigenvalue weighted by Crippen LogP contribution is 2.37. The standard InChI is InChI=1S/C27H33N3O4/c1-5-33-20-11-9-19(10-12-20)30-25(31)23-15-24-22(13-14-34-24)29(23)16-27(30,4)26(32)28-21-8-6-7-17(2)18(21)3/h9-15,17-18,21H,5-8,16H2,1-4H3,(H,28,32)/t17-,18-,21+,27+/m0/s1. The number of anilines is 1. The molecule has 7 heteroatoms. The SMILES string of the molecule is CCOc1ccc(N2C(=O)c3cc4occc4n3C[C@]2(C)C(=O)N[C@@H]2CCC[C@H](C)[C@@H]2C)cc1. The number of benzene rings is 1. The molecule has 0 saturated heterocycles. The maximum absolute atomic E-state index is 14.0. The van der Waals surface area contributed by atoms with Gasteiger partial charge in [-0.3, -0.25) is 14.5 Å². The second-order valence-electron chi connectivity index (χ2n) is 9.97. The van der Waals surface area contributed by atoms with Gasteiger partial charge in [-0.15, -0.1) is 0 Å². The number of nitrogens with one attached hydrogen (secondary N) is 1. The Morgan fingerprint density at radius 1 is 1.21 bits per heavy atom. The molecule has 0 bridgehead atoms. The van der Waals surface area contributed by atoms with Crippen molar-refractivity contribution in [3.63, 3.8) is 0 Å². The largest absolute Gasteiger partial charge is 0.494 e. The van der Waals surface area contributed by atoms with Gasteiger partial charge in [0.05, 0.1) is 24.9 Å². The third kappa shape index (κ3) is 3.58. The molecule has 180 valence electrons. The van der Waals surface area contributed by atoms with Crippen LogP contribution in [0, 0.1) is 11.8 Å². The first-order chi connectivity index (χ1) is 16.3. The van der Waals surface area contributed by atoms with Crippen LogP contribution in [0.2, 0.25) is 0 Å². The molecule has 0 unspecified atom stereocenters. The fourth-order valence-electron chi connectivity index (χ4n) is 5.59. The van der Waals surface area contributed by atoms with Gasteiger partial charge in [0.2, 0.25) is 5.91 Å². The van der Waals surface area contributed by atoms with Crippen LogP contribution in [0.25, 0.3) is 11.1 Å². The van der Waals surface area contributed by atoms with E-state index < -0.39 is 5.54 Å². The van der Waals surface area contributed by atoms with Crippen molar-refractivity contribution in [2.24, 2.45) is 11.8 Å². The molecular weight excluding hydrogens is 430 g/mol. The van der Waals surface area contributed by atoms with Crippen LogP contribution in [0.5, 0.6) is 5.75 Å². The molecule has 4 atom stereocenters. The van der Waals surface area contributed by atoms with Gasteiger partial charge in [-0.25, -0.2) is 0 Å². The maximum atomic E-state index is 14.0. The normalized spacial score (nSPS) is 27.0. The van der Waals surface area contributed by atoms with Crippen molar-refractivity contribution in [2.75, 3.05) is 11.5 Å². The smallest absolute Gasteiger partial charge is 0.276 e. The number of rotatable bonds is 5. The molecule has 3 heterocycles. The zero-order chi connectivity index (χ0) is 24.0. The number of ether oxygens (including phenoxy) is 1. The minimum atomic E-state index is -1.11. The summed E-state index contributed by atoms with van der Waals surface area (Å²) in [6, 6.07) is 11.1. The Labute approximate surface area is 200 Å². The van der Waals surface area contributed by atoms with Gasteiger partial charge in [0, 0.05) is 23.9 Å². The van der Waals surface area contributed by atoms with Crippen LogP contribution in [0.1, 0.15) is 57.4 Å². The van der Waals surface area contributed by atoms with E-state index in [-0.39, 0.29) is 17.9 Å². The van der Waals surface area contributed by atoms with Crippen molar-refractivity contribution < 1.29 is 18.7 Å². The minimum absolute atomic E-state index is 0.102. The Hall–Kier alpha value is -3.22. The molecule has 7 nitrogen and oxygen atoms in total. The lowest BCUT2D eigenvalue weighted by molar-refractivity contribution is -0.128. The van der Waals surface area contributed by atoms with E-state index in [1.807, 2.05) is 48.7 Å². The average molecular weight is 464 g/mol. The second-order valence-corrected chi connectivity index (χ2v) is 9.97. The van der Waals surface area contributed by atoms with Crippen LogP contribution >= 0.6 is 0 Å². The zero-order valence-corrected chi connectivity index (χ0v) is 20.3. The summed E-state index contributed by atoms with van der Waals surface area (Å²) in [5.74, 6) is 1.33. The van der Waals surface area contributed by atoms with Crippen LogP contribution in [0.4, 0.5) is 5.69 Å². The molecule has 1 aromatic carbocycles. The Kier molecular flexibility index (Phi) is 5.66.